The van der Waals surface area contributed by atoms with Gasteiger partial charge in [0.15, 0.2) is 9.84 Å². The summed E-state index contributed by atoms with van der Waals surface area (Å²) in [7, 11) is -4.21. The fraction of sp³-hybridized carbons (Fsp3) is 0.696. The Balaban J connectivity index is 1.54. The SMILES string of the molecule is CC1(C)C[C@@H]2CN(C(=O)[C@@H](F)S(=O)(=O)CCN)C[C@H]1N(c1ccc(N3CCOCC3)cc1)C2. The molecule has 3 atom stereocenters. The van der Waals surface area contributed by atoms with E-state index in [-0.39, 0.29) is 23.9 Å². The number of ether oxygens (including phenoxy) is 1. The fourth-order valence-corrected chi connectivity index (χ4v) is 6.53. The van der Waals surface area contributed by atoms with Crippen LogP contribution in [0, 0.1) is 11.3 Å². The summed E-state index contributed by atoms with van der Waals surface area (Å²) in [4.78, 5) is 18.9. The van der Waals surface area contributed by atoms with Crippen LogP contribution in [0.2, 0.25) is 0 Å². The molecule has 0 unspecified atom stereocenters. The van der Waals surface area contributed by atoms with Gasteiger partial charge in [-0.2, -0.15) is 0 Å². The number of halogens is 1. The van der Waals surface area contributed by atoms with Gasteiger partial charge in [0.2, 0.25) is 0 Å². The van der Waals surface area contributed by atoms with Gasteiger partial charge in [-0.15, -0.1) is 0 Å². The van der Waals surface area contributed by atoms with Crippen LogP contribution >= 0.6 is 0 Å². The van der Waals surface area contributed by atoms with Gasteiger partial charge in [-0.3, -0.25) is 4.79 Å². The highest BCUT2D eigenvalue weighted by Gasteiger charge is 2.48. The summed E-state index contributed by atoms with van der Waals surface area (Å²) in [5, 5.41) is 0. The van der Waals surface area contributed by atoms with Gasteiger partial charge >= 0.3 is 0 Å². The second-order valence-electron chi connectivity index (χ2n) is 10.1. The summed E-state index contributed by atoms with van der Waals surface area (Å²) >= 11 is 0. The second kappa shape index (κ2) is 9.38. The molecule has 1 aromatic rings. The van der Waals surface area contributed by atoms with E-state index in [1.807, 2.05) is 0 Å². The van der Waals surface area contributed by atoms with E-state index < -0.39 is 27.0 Å². The number of carbonyl (C=O) groups excluding carboxylic acids is 1. The maximum Gasteiger partial charge on any atom is 0.278 e. The predicted octanol–water partition coefficient (Wildman–Crippen LogP) is 1.26. The largest absolute Gasteiger partial charge is 0.378 e. The fourth-order valence-electron chi connectivity index (χ4n) is 5.54. The molecule has 0 spiro atoms. The molecule has 33 heavy (non-hydrogen) atoms. The smallest absolute Gasteiger partial charge is 0.278 e. The number of anilines is 2. The van der Waals surface area contributed by atoms with E-state index in [4.69, 9.17) is 10.5 Å². The number of benzene rings is 1. The Morgan fingerprint density at radius 1 is 1.15 bits per heavy atom. The Hall–Kier alpha value is -1.91. The number of morpholine rings is 1. The van der Waals surface area contributed by atoms with E-state index in [9.17, 15) is 17.6 Å². The number of alkyl halides is 1. The van der Waals surface area contributed by atoms with E-state index in [0.717, 1.165) is 50.6 Å². The molecule has 2 bridgehead atoms. The van der Waals surface area contributed by atoms with E-state index in [1.54, 1.807) is 0 Å². The van der Waals surface area contributed by atoms with Crippen LogP contribution in [0.15, 0.2) is 24.3 Å². The lowest BCUT2D eigenvalue weighted by Gasteiger charge is -2.48. The van der Waals surface area contributed by atoms with Crippen molar-refractivity contribution in [3.63, 3.8) is 0 Å². The number of nitrogens with zero attached hydrogens (tertiary/aromatic N) is 3. The summed E-state index contributed by atoms with van der Waals surface area (Å²) in [5.74, 6) is -1.36. The molecule has 0 radical (unpaired) electrons. The number of rotatable bonds is 6. The molecule has 4 aliphatic heterocycles. The minimum atomic E-state index is -4.21. The predicted molar refractivity (Wildman–Crippen MR) is 127 cm³/mol. The zero-order valence-corrected chi connectivity index (χ0v) is 20.3. The summed E-state index contributed by atoms with van der Waals surface area (Å²) in [5.41, 5.74) is 4.86. The van der Waals surface area contributed by atoms with Gasteiger partial charge in [0, 0.05) is 50.6 Å². The highest BCUT2D eigenvalue weighted by atomic mass is 32.2. The molecular formula is C23H35FN4O4S. The Kier molecular flexibility index (Phi) is 6.89. The summed E-state index contributed by atoms with van der Waals surface area (Å²) in [6.45, 7) is 8.74. The average molecular weight is 483 g/mol. The Bertz CT molecular complexity index is 950. The minimum absolute atomic E-state index is 0.0427. The van der Waals surface area contributed by atoms with Crippen LogP contribution in [-0.4, -0.2) is 89.0 Å². The van der Waals surface area contributed by atoms with E-state index >= 15 is 0 Å². The van der Waals surface area contributed by atoms with Gasteiger partial charge < -0.3 is 25.2 Å². The first kappa shape index (κ1) is 24.2. The number of hydrogen-bond acceptors (Lipinski definition) is 7. The quantitative estimate of drug-likeness (QED) is 0.652. The van der Waals surface area contributed by atoms with Crippen molar-refractivity contribution in [2.24, 2.45) is 17.1 Å². The molecule has 4 heterocycles. The molecule has 0 saturated carbocycles. The van der Waals surface area contributed by atoms with Gasteiger partial charge in [0.05, 0.1) is 25.0 Å². The molecule has 1 aromatic carbocycles. The standard InChI is InChI=1S/C23H35FN4O4S/c1-23(2)13-17-14-27(22(29)21(24)33(30,31)12-7-25)16-20(23)28(15-17)19-5-3-18(4-6-19)26-8-10-32-11-9-26/h3-6,17,20-21H,7-16,25H2,1-2H3/t17-,20-,21+/m1/s1. The molecule has 0 aromatic heterocycles. The Labute approximate surface area is 195 Å². The van der Waals surface area contributed by atoms with Crippen LogP contribution in [0.4, 0.5) is 15.8 Å². The van der Waals surface area contributed by atoms with Crippen molar-refractivity contribution < 1.29 is 22.3 Å². The summed E-state index contributed by atoms with van der Waals surface area (Å²) in [6, 6.07) is 8.41. The van der Waals surface area contributed by atoms with Gasteiger partial charge in [0.25, 0.3) is 11.4 Å². The van der Waals surface area contributed by atoms with Crippen LogP contribution in [0.5, 0.6) is 0 Å². The maximum absolute atomic E-state index is 14.7. The normalized spacial score (nSPS) is 26.2. The van der Waals surface area contributed by atoms with Crippen molar-refractivity contribution in [1.29, 1.82) is 0 Å². The zero-order chi connectivity index (χ0) is 23.8. The number of fused-ring (bicyclic) bond motifs is 4. The third-order valence-electron chi connectivity index (χ3n) is 7.20. The van der Waals surface area contributed by atoms with Crippen molar-refractivity contribution in [1.82, 2.24) is 4.90 Å². The third kappa shape index (κ3) is 4.97. The molecule has 184 valence electrons. The van der Waals surface area contributed by atoms with Crippen LogP contribution in [0.25, 0.3) is 0 Å². The van der Waals surface area contributed by atoms with Crippen LogP contribution in [-0.2, 0) is 19.4 Å². The van der Waals surface area contributed by atoms with Crippen molar-refractivity contribution in [2.45, 2.75) is 31.8 Å². The molecule has 2 N–H and O–H groups in total. The Morgan fingerprint density at radius 2 is 1.79 bits per heavy atom. The van der Waals surface area contributed by atoms with Crippen LogP contribution in [0.3, 0.4) is 0 Å². The molecule has 5 rings (SSSR count). The van der Waals surface area contributed by atoms with Gasteiger partial charge in [-0.1, -0.05) is 13.8 Å². The lowest BCUT2D eigenvalue weighted by molar-refractivity contribution is -0.133. The minimum Gasteiger partial charge on any atom is -0.378 e. The molecule has 0 aliphatic carbocycles. The van der Waals surface area contributed by atoms with Gasteiger partial charge in [-0.05, 0) is 42.0 Å². The highest BCUT2D eigenvalue weighted by molar-refractivity contribution is 7.92. The topological polar surface area (TPSA) is 96.2 Å². The first-order valence-corrected chi connectivity index (χ1v) is 13.4. The average Bonchev–Trinajstić information content (AvgIpc) is 3.06. The molecular weight excluding hydrogens is 447 g/mol. The third-order valence-corrected chi connectivity index (χ3v) is 8.84. The highest BCUT2D eigenvalue weighted by Crippen LogP contribution is 2.43. The molecule has 10 heteroatoms. The van der Waals surface area contributed by atoms with Gasteiger partial charge in [0.1, 0.15) is 0 Å². The van der Waals surface area contributed by atoms with Crippen molar-refractivity contribution in [3.05, 3.63) is 24.3 Å². The molecule has 1 amide bonds. The van der Waals surface area contributed by atoms with Crippen molar-refractivity contribution in [2.75, 3.05) is 68.0 Å². The second-order valence-corrected chi connectivity index (χ2v) is 12.2. The first-order valence-electron chi connectivity index (χ1n) is 11.7. The number of sulfone groups is 1. The lowest BCUT2D eigenvalue weighted by Crippen LogP contribution is -2.54. The number of hydrogen-bond donors (Lipinski definition) is 1. The van der Waals surface area contributed by atoms with Crippen molar-refractivity contribution in [3.8, 4) is 0 Å². The summed E-state index contributed by atoms with van der Waals surface area (Å²) < 4.78 is 44.4. The van der Waals surface area contributed by atoms with E-state index in [1.165, 1.54) is 4.90 Å². The molecule has 4 saturated heterocycles. The maximum atomic E-state index is 14.7. The molecule has 4 aliphatic rings. The zero-order valence-electron chi connectivity index (χ0n) is 19.5. The molecule has 8 nitrogen and oxygen atoms in total. The first-order chi connectivity index (χ1) is 15.6. The molecule has 4 fully saturated rings. The monoisotopic (exact) mass is 482 g/mol. The van der Waals surface area contributed by atoms with Crippen LogP contribution < -0.4 is 15.5 Å². The number of piperidine rings is 1. The van der Waals surface area contributed by atoms with Crippen molar-refractivity contribution >= 4 is 27.1 Å². The summed E-state index contributed by atoms with van der Waals surface area (Å²) in [6.07, 6.45) is 0.899. The van der Waals surface area contributed by atoms with Gasteiger partial charge in [-0.25, -0.2) is 12.8 Å². The van der Waals surface area contributed by atoms with E-state index in [0.29, 0.717) is 13.1 Å². The van der Waals surface area contributed by atoms with Crippen LogP contribution in [0.1, 0.15) is 20.3 Å². The lowest BCUT2D eigenvalue weighted by atomic mass is 9.73. The van der Waals surface area contributed by atoms with E-state index in [2.05, 4.69) is 47.9 Å². The number of nitrogens with two attached hydrogens (primary N) is 1. The Morgan fingerprint density at radius 3 is 2.42 bits per heavy atom. The number of carbonyl (C=O) groups is 1. The number of amides is 1.